The van der Waals surface area contributed by atoms with Crippen LogP contribution in [0.1, 0.15) is 18.5 Å². The molecule has 1 aromatic carbocycles. The third-order valence-electron chi connectivity index (χ3n) is 2.08. The maximum atomic E-state index is 13.6. The highest BCUT2D eigenvalue weighted by Gasteiger charge is 2.23. The monoisotopic (exact) mass is 245 g/mol. The summed E-state index contributed by atoms with van der Waals surface area (Å²) >= 11 is 5.63. The van der Waals surface area contributed by atoms with E-state index in [9.17, 15) is 9.18 Å². The number of nitrogens with one attached hydrogen (secondary N) is 1. The predicted octanol–water partition coefficient (Wildman–Crippen LogP) is 2.30. The fraction of sp³-hybridized carbons (Fsp3) is 0.364. The highest BCUT2D eigenvalue weighted by atomic mass is 35.5. The second-order valence-electron chi connectivity index (χ2n) is 3.14. The Morgan fingerprint density at radius 3 is 2.81 bits per heavy atom. The zero-order valence-corrected chi connectivity index (χ0v) is 9.84. The van der Waals surface area contributed by atoms with Gasteiger partial charge in [0.2, 0.25) is 0 Å². The van der Waals surface area contributed by atoms with Crippen molar-refractivity contribution in [1.29, 1.82) is 0 Å². The van der Waals surface area contributed by atoms with Crippen LogP contribution in [0.4, 0.5) is 4.39 Å². The highest BCUT2D eigenvalue weighted by Crippen LogP contribution is 2.21. The summed E-state index contributed by atoms with van der Waals surface area (Å²) in [5, 5.41) is 3.00. The summed E-state index contributed by atoms with van der Waals surface area (Å²) in [4.78, 5) is 11.5. The van der Waals surface area contributed by atoms with Crippen LogP contribution >= 0.6 is 11.6 Å². The van der Waals surface area contributed by atoms with Gasteiger partial charge in [0.05, 0.1) is 6.61 Å². The standard InChI is InChI=1S/C11H13ClFNO2/c1-3-16-11(15)10(14-2)8-5-4-7(12)6-9(8)13/h4-6,10,14H,3H2,1-2H3. The molecule has 0 heterocycles. The summed E-state index contributed by atoms with van der Waals surface area (Å²) in [7, 11) is 1.57. The second-order valence-corrected chi connectivity index (χ2v) is 3.58. The molecule has 0 radical (unpaired) electrons. The fourth-order valence-corrected chi connectivity index (χ4v) is 1.52. The second kappa shape index (κ2) is 5.82. The first-order chi connectivity index (χ1) is 7.60. The molecule has 5 heteroatoms. The van der Waals surface area contributed by atoms with Gasteiger partial charge in [-0.25, -0.2) is 9.18 Å². The summed E-state index contributed by atoms with van der Waals surface area (Å²) < 4.78 is 18.4. The molecule has 0 fully saturated rings. The third kappa shape index (κ3) is 2.93. The minimum atomic E-state index is -0.808. The van der Waals surface area contributed by atoms with Gasteiger partial charge in [0.15, 0.2) is 0 Å². The van der Waals surface area contributed by atoms with Gasteiger partial charge >= 0.3 is 5.97 Å². The van der Waals surface area contributed by atoms with E-state index in [4.69, 9.17) is 16.3 Å². The van der Waals surface area contributed by atoms with Crippen LogP contribution in [0.2, 0.25) is 5.02 Å². The van der Waals surface area contributed by atoms with E-state index < -0.39 is 17.8 Å². The highest BCUT2D eigenvalue weighted by molar-refractivity contribution is 6.30. The van der Waals surface area contributed by atoms with Crippen molar-refractivity contribution in [2.75, 3.05) is 13.7 Å². The Hall–Kier alpha value is -1.13. The minimum absolute atomic E-state index is 0.227. The molecule has 1 N–H and O–H groups in total. The molecule has 3 nitrogen and oxygen atoms in total. The van der Waals surface area contributed by atoms with Crippen molar-refractivity contribution in [2.45, 2.75) is 13.0 Å². The molecule has 1 unspecified atom stereocenters. The Balaban J connectivity index is 2.99. The molecule has 88 valence electrons. The smallest absolute Gasteiger partial charge is 0.327 e. The van der Waals surface area contributed by atoms with Gasteiger partial charge in [-0.15, -0.1) is 0 Å². The number of ether oxygens (including phenoxy) is 1. The fourth-order valence-electron chi connectivity index (χ4n) is 1.36. The van der Waals surface area contributed by atoms with Crippen molar-refractivity contribution >= 4 is 17.6 Å². The maximum absolute atomic E-state index is 13.6. The summed E-state index contributed by atoms with van der Waals surface area (Å²) in [6.07, 6.45) is 0. The van der Waals surface area contributed by atoms with E-state index in [-0.39, 0.29) is 12.2 Å². The van der Waals surface area contributed by atoms with Gasteiger partial charge in [-0.3, -0.25) is 0 Å². The van der Waals surface area contributed by atoms with Crippen LogP contribution in [0, 0.1) is 5.82 Å². The lowest BCUT2D eigenvalue weighted by Crippen LogP contribution is -2.28. The molecule has 0 aliphatic heterocycles. The van der Waals surface area contributed by atoms with Crippen LogP contribution < -0.4 is 5.32 Å². The molecule has 0 aliphatic rings. The predicted molar refractivity (Wildman–Crippen MR) is 59.8 cm³/mol. The Bertz CT molecular complexity index is 384. The molecule has 1 atom stereocenters. The molecule has 16 heavy (non-hydrogen) atoms. The molecule has 0 saturated heterocycles. The van der Waals surface area contributed by atoms with Gasteiger partial charge < -0.3 is 10.1 Å². The van der Waals surface area contributed by atoms with E-state index >= 15 is 0 Å². The maximum Gasteiger partial charge on any atom is 0.327 e. The first-order valence-electron chi connectivity index (χ1n) is 4.89. The number of carbonyl (C=O) groups excluding carboxylic acids is 1. The van der Waals surface area contributed by atoms with Crippen molar-refractivity contribution in [3.63, 3.8) is 0 Å². The van der Waals surface area contributed by atoms with E-state index in [1.807, 2.05) is 0 Å². The van der Waals surface area contributed by atoms with E-state index in [1.165, 1.54) is 18.2 Å². The quantitative estimate of drug-likeness (QED) is 0.828. The summed E-state index contributed by atoms with van der Waals surface area (Å²) in [6, 6.07) is 3.36. The molecule has 0 amide bonds. The van der Waals surface area contributed by atoms with E-state index in [0.29, 0.717) is 5.02 Å². The van der Waals surface area contributed by atoms with Crippen molar-refractivity contribution < 1.29 is 13.9 Å². The SMILES string of the molecule is CCOC(=O)C(NC)c1ccc(Cl)cc1F. The average molecular weight is 246 g/mol. The van der Waals surface area contributed by atoms with Crippen LogP contribution in [0.5, 0.6) is 0 Å². The number of esters is 1. The number of benzene rings is 1. The van der Waals surface area contributed by atoms with Crippen molar-refractivity contribution in [2.24, 2.45) is 0 Å². The topological polar surface area (TPSA) is 38.3 Å². The Labute approximate surface area is 98.5 Å². The normalized spacial score (nSPS) is 12.2. The number of likely N-dealkylation sites (N-methyl/N-ethyl adjacent to an activating group) is 1. The number of rotatable bonds is 4. The zero-order chi connectivity index (χ0) is 12.1. The Morgan fingerprint density at radius 2 is 2.31 bits per heavy atom. The molecule has 0 aromatic heterocycles. The lowest BCUT2D eigenvalue weighted by atomic mass is 10.1. The van der Waals surface area contributed by atoms with Crippen LogP contribution in [-0.2, 0) is 9.53 Å². The molecule has 0 aliphatic carbocycles. The lowest BCUT2D eigenvalue weighted by Gasteiger charge is -2.15. The van der Waals surface area contributed by atoms with Gasteiger partial charge in [-0.1, -0.05) is 17.7 Å². The lowest BCUT2D eigenvalue weighted by molar-refractivity contribution is -0.145. The van der Waals surface area contributed by atoms with Crippen molar-refractivity contribution in [3.8, 4) is 0 Å². The summed E-state index contributed by atoms with van der Waals surface area (Å²) in [6.45, 7) is 1.95. The number of halogens is 2. The molecular weight excluding hydrogens is 233 g/mol. The number of carbonyl (C=O) groups is 1. The van der Waals surface area contributed by atoms with Crippen LogP contribution in [0.15, 0.2) is 18.2 Å². The molecule has 0 spiro atoms. The molecular formula is C11H13ClFNO2. The van der Waals surface area contributed by atoms with E-state index in [1.54, 1.807) is 14.0 Å². The average Bonchev–Trinajstić information content (AvgIpc) is 2.22. The number of hydrogen-bond acceptors (Lipinski definition) is 3. The van der Waals surface area contributed by atoms with Gasteiger partial charge in [0.1, 0.15) is 11.9 Å². The van der Waals surface area contributed by atoms with Crippen LogP contribution in [0.3, 0.4) is 0 Å². The van der Waals surface area contributed by atoms with E-state index in [2.05, 4.69) is 5.32 Å². The van der Waals surface area contributed by atoms with Crippen molar-refractivity contribution in [3.05, 3.63) is 34.6 Å². The molecule has 0 saturated carbocycles. The number of hydrogen-bond donors (Lipinski definition) is 1. The molecule has 1 aromatic rings. The van der Waals surface area contributed by atoms with Crippen LogP contribution in [0.25, 0.3) is 0 Å². The Kier molecular flexibility index (Phi) is 4.71. The third-order valence-corrected chi connectivity index (χ3v) is 2.32. The first-order valence-corrected chi connectivity index (χ1v) is 5.26. The first kappa shape index (κ1) is 12.9. The summed E-state index contributed by atoms with van der Waals surface area (Å²) in [5.74, 6) is -1.04. The van der Waals surface area contributed by atoms with Crippen molar-refractivity contribution in [1.82, 2.24) is 5.32 Å². The van der Waals surface area contributed by atoms with Gasteiger partial charge in [0.25, 0.3) is 0 Å². The molecule has 1 rings (SSSR count). The van der Waals surface area contributed by atoms with E-state index in [0.717, 1.165) is 0 Å². The van der Waals surface area contributed by atoms with Crippen LogP contribution in [-0.4, -0.2) is 19.6 Å². The summed E-state index contributed by atoms with van der Waals surface area (Å²) in [5.41, 5.74) is 0.227. The van der Waals surface area contributed by atoms with Gasteiger partial charge in [-0.05, 0) is 26.1 Å². The molecule has 0 bridgehead atoms. The zero-order valence-electron chi connectivity index (χ0n) is 9.09. The van der Waals surface area contributed by atoms with Gasteiger partial charge in [-0.2, -0.15) is 0 Å². The minimum Gasteiger partial charge on any atom is -0.465 e. The Morgan fingerprint density at radius 1 is 1.62 bits per heavy atom. The largest absolute Gasteiger partial charge is 0.465 e. The van der Waals surface area contributed by atoms with Gasteiger partial charge in [0, 0.05) is 10.6 Å².